The highest BCUT2D eigenvalue weighted by Crippen LogP contribution is 2.14. The fraction of sp³-hybridized carbons (Fsp3) is 0.300. The summed E-state index contributed by atoms with van der Waals surface area (Å²) in [6.07, 6.45) is 0. The third-order valence-corrected chi connectivity index (χ3v) is 3.21. The largest absolute Gasteiger partial charge is 0.395 e. The van der Waals surface area contributed by atoms with Gasteiger partial charge >= 0.3 is 4.87 Å². The number of anilines is 1. The van der Waals surface area contributed by atoms with Gasteiger partial charge in [-0.25, -0.2) is 0 Å². The number of hydrogen-bond acceptors (Lipinski definition) is 5. The minimum Gasteiger partial charge on any atom is -0.395 e. The zero-order chi connectivity index (χ0) is 13.3. The van der Waals surface area contributed by atoms with Crippen molar-refractivity contribution in [2.75, 3.05) is 5.73 Å². The van der Waals surface area contributed by atoms with E-state index >= 15 is 0 Å². The molecule has 0 unspecified atom stereocenters. The molecule has 96 valence electrons. The Morgan fingerprint density at radius 3 is 2.89 bits per heavy atom. The van der Waals surface area contributed by atoms with Crippen LogP contribution in [0.15, 0.2) is 10.2 Å². The highest BCUT2D eigenvalue weighted by molar-refractivity contribution is 7.07. The maximum absolute atomic E-state index is 11.9. The van der Waals surface area contributed by atoms with E-state index in [9.17, 15) is 9.59 Å². The van der Waals surface area contributed by atoms with Gasteiger partial charge in [0.15, 0.2) is 0 Å². The zero-order valence-corrected chi connectivity index (χ0v) is 10.8. The highest BCUT2D eigenvalue weighted by Gasteiger charge is 2.17. The van der Waals surface area contributed by atoms with E-state index < -0.39 is 0 Å². The molecule has 2 aromatic heterocycles. The van der Waals surface area contributed by atoms with Crippen LogP contribution in [0.25, 0.3) is 0 Å². The van der Waals surface area contributed by atoms with Gasteiger partial charge in [-0.15, -0.1) is 0 Å². The Bertz CT molecular complexity index is 639. The summed E-state index contributed by atoms with van der Waals surface area (Å²) < 4.78 is 1.44. The second kappa shape index (κ2) is 4.65. The molecule has 0 fully saturated rings. The summed E-state index contributed by atoms with van der Waals surface area (Å²) in [6, 6.07) is 0. The minimum atomic E-state index is -0.317. The number of aromatic amines is 1. The van der Waals surface area contributed by atoms with Crippen LogP contribution >= 0.6 is 11.3 Å². The van der Waals surface area contributed by atoms with Gasteiger partial charge < -0.3 is 16.0 Å². The zero-order valence-electron chi connectivity index (χ0n) is 9.98. The number of aryl methyl sites for hydroxylation is 2. The number of carbonyl (C=O) groups is 1. The molecule has 0 saturated carbocycles. The summed E-state index contributed by atoms with van der Waals surface area (Å²) >= 11 is 1.06. The number of H-pyrrole nitrogens is 1. The number of nitrogens with two attached hydrogens (primary N) is 1. The molecule has 2 heterocycles. The minimum absolute atomic E-state index is 0.143. The molecule has 0 atom stereocenters. The lowest BCUT2D eigenvalue weighted by molar-refractivity contribution is 0.0942. The Hall–Kier alpha value is -2.09. The van der Waals surface area contributed by atoms with Crippen LogP contribution in [0, 0.1) is 6.92 Å². The first-order valence-electron chi connectivity index (χ1n) is 5.23. The van der Waals surface area contributed by atoms with Gasteiger partial charge in [0.05, 0.1) is 17.9 Å². The predicted octanol–water partition coefficient (Wildman–Crippen LogP) is -0.00948. The van der Waals surface area contributed by atoms with Crippen LogP contribution in [0.3, 0.4) is 0 Å². The summed E-state index contributed by atoms with van der Waals surface area (Å²) in [5, 5.41) is 8.41. The van der Waals surface area contributed by atoms with Crippen molar-refractivity contribution in [3.63, 3.8) is 0 Å². The van der Waals surface area contributed by atoms with Gasteiger partial charge in [0, 0.05) is 18.1 Å². The van der Waals surface area contributed by atoms with Gasteiger partial charge in [-0.3, -0.25) is 14.3 Å². The fourth-order valence-corrected chi connectivity index (χ4v) is 2.19. The lowest BCUT2D eigenvalue weighted by Gasteiger charge is -2.04. The number of nitrogen functional groups attached to an aromatic ring is 1. The van der Waals surface area contributed by atoms with Crippen molar-refractivity contribution < 1.29 is 4.79 Å². The summed E-state index contributed by atoms with van der Waals surface area (Å²) in [7, 11) is 1.66. The van der Waals surface area contributed by atoms with Crippen LogP contribution < -0.4 is 15.9 Å². The van der Waals surface area contributed by atoms with Crippen molar-refractivity contribution in [1.82, 2.24) is 20.1 Å². The second-order valence-corrected chi connectivity index (χ2v) is 4.67. The maximum Gasteiger partial charge on any atom is 0.304 e. The molecule has 2 aromatic rings. The smallest absolute Gasteiger partial charge is 0.304 e. The molecule has 0 radical (unpaired) electrons. The average molecular weight is 267 g/mol. The number of amides is 1. The van der Waals surface area contributed by atoms with Gasteiger partial charge in [0.1, 0.15) is 5.69 Å². The molecule has 4 N–H and O–H groups in total. The summed E-state index contributed by atoms with van der Waals surface area (Å²) in [5.41, 5.74) is 7.75. The van der Waals surface area contributed by atoms with Crippen LogP contribution in [0.2, 0.25) is 0 Å². The molecule has 8 heteroatoms. The Morgan fingerprint density at radius 2 is 2.39 bits per heavy atom. The second-order valence-electron chi connectivity index (χ2n) is 3.83. The lowest BCUT2D eigenvalue weighted by atomic mass is 10.3. The van der Waals surface area contributed by atoms with Gasteiger partial charge in [0.25, 0.3) is 5.91 Å². The number of nitrogens with one attached hydrogen (secondary N) is 2. The Morgan fingerprint density at radius 1 is 1.67 bits per heavy atom. The van der Waals surface area contributed by atoms with Crippen LogP contribution in [0.5, 0.6) is 0 Å². The number of hydrogen-bond donors (Lipinski definition) is 3. The molecule has 0 aliphatic heterocycles. The monoisotopic (exact) mass is 267 g/mol. The number of aromatic nitrogens is 3. The average Bonchev–Trinajstić information content (AvgIpc) is 2.82. The molecule has 7 nitrogen and oxygen atoms in total. The first-order chi connectivity index (χ1) is 8.49. The molecule has 0 saturated heterocycles. The van der Waals surface area contributed by atoms with Gasteiger partial charge in [-0.05, 0) is 6.92 Å². The molecule has 1 amide bonds. The molecular weight excluding hydrogens is 254 g/mol. The number of nitrogens with zero attached hydrogens (tertiary/aromatic N) is 2. The quantitative estimate of drug-likeness (QED) is 0.727. The maximum atomic E-state index is 11.9. The summed E-state index contributed by atoms with van der Waals surface area (Å²) in [5.74, 6) is -0.317. The normalized spacial score (nSPS) is 10.6. The molecule has 0 aromatic carbocycles. The predicted molar refractivity (Wildman–Crippen MR) is 68.5 cm³/mol. The van der Waals surface area contributed by atoms with Crippen molar-refractivity contribution >= 4 is 22.9 Å². The van der Waals surface area contributed by atoms with Gasteiger partial charge in [-0.2, -0.15) is 5.10 Å². The van der Waals surface area contributed by atoms with E-state index in [0.29, 0.717) is 22.8 Å². The Kier molecular flexibility index (Phi) is 3.19. The molecule has 18 heavy (non-hydrogen) atoms. The number of rotatable bonds is 3. The van der Waals surface area contributed by atoms with E-state index in [1.54, 1.807) is 19.4 Å². The van der Waals surface area contributed by atoms with Crippen molar-refractivity contribution in [3.05, 3.63) is 32.1 Å². The van der Waals surface area contributed by atoms with Crippen LogP contribution in [-0.2, 0) is 13.6 Å². The van der Waals surface area contributed by atoms with Gasteiger partial charge in [0.2, 0.25) is 0 Å². The first-order valence-corrected chi connectivity index (χ1v) is 6.11. The molecule has 2 rings (SSSR count). The SMILES string of the molecule is Cc1nn(C)c(C(=O)NCc2csc(=O)[nH]2)c1N. The van der Waals surface area contributed by atoms with Crippen molar-refractivity contribution in [3.8, 4) is 0 Å². The van der Waals surface area contributed by atoms with E-state index in [4.69, 9.17) is 5.73 Å². The van der Waals surface area contributed by atoms with Gasteiger partial charge in [-0.1, -0.05) is 11.3 Å². The van der Waals surface area contributed by atoms with Crippen LogP contribution in [-0.4, -0.2) is 20.7 Å². The summed E-state index contributed by atoms with van der Waals surface area (Å²) in [4.78, 5) is 25.3. The first kappa shape index (κ1) is 12.4. The van der Waals surface area contributed by atoms with Crippen LogP contribution in [0.4, 0.5) is 5.69 Å². The topological polar surface area (TPSA) is 106 Å². The van der Waals surface area contributed by atoms with E-state index in [2.05, 4.69) is 15.4 Å². The third-order valence-electron chi connectivity index (χ3n) is 2.49. The van der Waals surface area contributed by atoms with E-state index in [-0.39, 0.29) is 17.3 Å². The number of thiazole rings is 1. The van der Waals surface area contributed by atoms with E-state index in [1.165, 1.54) is 4.68 Å². The van der Waals surface area contributed by atoms with E-state index in [0.717, 1.165) is 11.3 Å². The van der Waals surface area contributed by atoms with Crippen molar-refractivity contribution in [2.24, 2.45) is 7.05 Å². The van der Waals surface area contributed by atoms with E-state index in [1.807, 2.05) is 0 Å². The fourth-order valence-electron chi connectivity index (χ4n) is 1.60. The van der Waals surface area contributed by atoms with Crippen molar-refractivity contribution in [2.45, 2.75) is 13.5 Å². The number of carbonyl (C=O) groups excluding carboxylic acids is 1. The summed E-state index contributed by atoms with van der Waals surface area (Å²) in [6.45, 7) is 1.99. The molecular formula is C10H13N5O2S. The standard InChI is InChI=1S/C10H13N5O2S/c1-5-7(11)8(15(2)14-5)9(16)12-3-6-4-18-10(17)13-6/h4H,3,11H2,1-2H3,(H,12,16)(H,13,17). The highest BCUT2D eigenvalue weighted by atomic mass is 32.1. The molecule has 0 aliphatic carbocycles. The molecule has 0 bridgehead atoms. The molecule has 0 spiro atoms. The van der Waals surface area contributed by atoms with Crippen molar-refractivity contribution in [1.29, 1.82) is 0 Å². The Labute approximate surface area is 107 Å². The lowest BCUT2D eigenvalue weighted by Crippen LogP contribution is -2.26. The Balaban J connectivity index is 2.10. The third kappa shape index (κ3) is 2.28. The van der Waals surface area contributed by atoms with Crippen LogP contribution in [0.1, 0.15) is 21.9 Å². The molecule has 0 aliphatic rings.